The molecule has 1 atom stereocenters. The van der Waals surface area contributed by atoms with Gasteiger partial charge in [-0.25, -0.2) is 0 Å². The predicted molar refractivity (Wildman–Crippen MR) is 153 cm³/mol. The van der Waals surface area contributed by atoms with Gasteiger partial charge in [0.2, 0.25) is 5.91 Å². The van der Waals surface area contributed by atoms with E-state index in [0.29, 0.717) is 6.04 Å². The summed E-state index contributed by atoms with van der Waals surface area (Å²) in [5.41, 5.74) is 12.9. The molecule has 1 amide bonds. The van der Waals surface area contributed by atoms with Gasteiger partial charge in [0.05, 0.1) is 0 Å². The second-order valence-corrected chi connectivity index (χ2v) is 11.2. The van der Waals surface area contributed by atoms with Crippen LogP contribution in [0.1, 0.15) is 60.8 Å². The van der Waals surface area contributed by atoms with E-state index in [-0.39, 0.29) is 5.91 Å². The van der Waals surface area contributed by atoms with Crippen LogP contribution in [-0.2, 0) is 23.2 Å². The minimum absolute atomic E-state index is 0.205. The van der Waals surface area contributed by atoms with Crippen molar-refractivity contribution in [1.29, 1.82) is 0 Å². The second kappa shape index (κ2) is 10.8. The Balaban J connectivity index is 1.46. The predicted octanol–water partition coefficient (Wildman–Crippen LogP) is 6.64. The Morgan fingerprint density at radius 1 is 0.943 bits per heavy atom. The number of nitrogens with zero attached hydrogens (tertiary/aromatic N) is 1. The molecule has 0 aliphatic heterocycles. The van der Waals surface area contributed by atoms with Crippen molar-refractivity contribution in [3.63, 3.8) is 0 Å². The lowest BCUT2D eigenvalue weighted by Gasteiger charge is -2.38. The Morgan fingerprint density at radius 2 is 1.69 bits per heavy atom. The molecule has 2 aliphatic carbocycles. The lowest BCUT2D eigenvalue weighted by Crippen LogP contribution is -2.44. The summed E-state index contributed by atoms with van der Waals surface area (Å²) >= 11 is 2.44. The number of alkyl halides is 1. The highest BCUT2D eigenvalue weighted by atomic mass is 127. The molecule has 0 saturated heterocycles. The van der Waals surface area contributed by atoms with Gasteiger partial charge < -0.3 is 5.73 Å². The highest BCUT2D eigenvalue weighted by Crippen LogP contribution is 2.52. The Kier molecular flexibility index (Phi) is 7.59. The Hall–Kier alpha value is -2.18. The first-order chi connectivity index (χ1) is 17.1. The van der Waals surface area contributed by atoms with Crippen molar-refractivity contribution in [1.82, 2.24) is 4.90 Å². The lowest BCUT2D eigenvalue weighted by atomic mass is 9.71. The third-order valence-corrected chi connectivity index (χ3v) is 8.83. The molecule has 2 aliphatic rings. The molecule has 0 radical (unpaired) electrons. The van der Waals surface area contributed by atoms with E-state index in [2.05, 4.69) is 100 Å². The zero-order chi connectivity index (χ0) is 24.3. The fourth-order valence-corrected chi connectivity index (χ4v) is 6.55. The van der Waals surface area contributed by atoms with E-state index in [1.165, 1.54) is 47.1 Å². The van der Waals surface area contributed by atoms with Crippen LogP contribution >= 0.6 is 22.6 Å². The molecule has 4 heteroatoms. The largest absolute Gasteiger partial charge is 0.369 e. The van der Waals surface area contributed by atoms with Crippen LogP contribution in [0.25, 0.3) is 11.1 Å². The quantitative estimate of drug-likeness (QED) is 0.205. The van der Waals surface area contributed by atoms with Crippen molar-refractivity contribution >= 4 is 28.5 Å². The summed E-state index contributed by atoms with van der Waals surface area (Å²) in [7, 11) is 0. The molecule has 0 spiro atoms. The second-order valence-electron chi connectivity index (χ2n) is 10.1. The molecule has 0 heterocycles. The minimum Gasteiger partial charge on any atom is -0.369 e. The summed E-state index contributed by atoms with van der Waals surface area (Å²) < 4.78 is 1.10. The number of halogens is 1. The number of hydrogen-bond acceptors (Lipinski definition) is 2. The van der Waals surface area contributed by atoms with Crippen molar-refractivity contribution < 1.29 is 4.79 Å². The number of rotatable bonds is 11. The van der Waals surface area contributed by atoms with Gasteiger partial charge >= 0.3 is 0 Å². The third kappa shape index (κ3) is 4.67. The maximum atomic E-state index is 13.5. The molecule has 1 unspecified atom stereocenters. The smallest absolute Gasteiger partial charge is 0.232 e. The number of amides is 1. The van der Waals surface area contributed by atoms with Gasteiger partial charge in [-0.2, -0.15) is 0 Å². The SMILES string of the molecule is NC(=O)C1(CCCN(Cc2ccccc2)C2CCC2)c2ccccc2-c2cccc(CCCI)c21. The topological polar surface area (TPSA) is 46.3 Å². The van der Waals surface area contributed by atoms with E-state index < -0.39 is 5.41 Å². The molecule has 35 heavy (non-hydrogen) atoms. The van der Waals surface area contributed by atoms with Crippen molar-refractivity contribution in [2.75, 3.05) is 11.0 Å². The van der Waals surface area contributed by atoms with Crippen LogP contribution in [0.3, 0.4) is 0 Å². The number of carbonyl (C=O) groups excluding carboxylic acids is 1. The first-order valence-corrected chi connectivity index (χ1v) is 14.5. The molecule has 0 aromatic heterocycles. The highest BCUT2D eigenvalue weighted by molar-refractivity contribution is 14.1. The monoisotopic (exact) mass is 578 g/mol. The van der Waals surface area contributed by atoms with Gasteiger partial charge in [-0.3, -0.25) is 9.69 Å². The summed E-state index contributed by atoms with van der Waals surface area (Å²) in [5, 5.41) is 0. The fraction of sp³-hybridized carbons (Fsp3) is 0.387. The van der Waals surface area contributed by atoms with Crippen LogP contribution in [0, 0.1) is 0 Å². The van der Waals surface area contributed by atoms with Crippen LogP contribution in [0.5, 0.6) is 0 Å². The first-order valence-electron chi connectivity index (χ1n) is 13.0. The molecule has 182 valence electrons. The highest BCUT2D eigenvalue weighted by Gasteiger charge is 2.48. The number of aryl methyl sites for hydroxylation is 1. The summed E-state index contributed by atoms with van der Waals surface area (Å²) in [4.78, 5) is 16.1. The summed E-state index contributed by atoms with van der Waals surface area (Å²) in [6.45, 7) is 1.96. The molecule has 2 N–H and O–H groups in total. The van der Waals surface area contributed by atoms with Crippen molar-refractivity contribution in [2.45, 2.75) is 62.9 Å². The molecule has 3 nitrogen and oxygen atoms in total. The molecule has 3 aromatic carbocycles. The van der Waals surface area contributed by atoms with Crippen molar-refractivity contribution in [3.05, 3.63) is 95.1 Å². The third-order valence-electron chi connectivity index (χ3n) is 8.07. The minimum atomic E-state index is -0.744. The van der Waals surface area contributed by atoms with Crippen molar-refractivity contribution in [3.8, 4) is 11.1 Å². The lowest BCUT2D eigenvalue weighted by molar-refractivity contribution is -0.122. The van der Waals surface area contributed by atoms with Crippen LogP contribution < -0.4 is 5.73 Å². The van der Waals surface area contributed by atoms with E-state index in [9.17, 15) is 4.79 Å². The molecule has 0 bridgehead atoms. The average Bonchev–Trinajstić information content (AvgIpc) is 3.14. The standard InChI is InChI=1S/C31H35IN2O/c32-20-8-13-24-12-6-17-27-26-16-4-5-18-28(26)31(29(24)27,30(33)35)19-9-21-34(25-14-7-15-25)22-23-10-2-1-3-11-23/h1-6,10-12,16-18,25H,7-9,13-15,19-22H2,(H2,33,35). The van der Waals surface area contributed by atoms with Crippen molar-refractivity contribution in [2.24, 2.45) is 5.73 Å². The van der Waals surface area contributed by atoms with Gasteiger partial charge in [0.1, 0.15) is 5.41 Å². The zero-order valence-electron chi connectivity index (χ0n) is 20.4. The Labute approximate surface area is 223 Å². The summed E-state index contributed by atoms with van der Waals surface area (Å²) in [6.07, 6.45) is 7.67. The van der Waals surface area contributed by atoms with Gasteiger partial charge in [-0.15, -0.1) is 0 Å². The molecular weight excluding hydrogens is 543 g/mol. The summed E-state index contributed by atoms with van der Waals surface area (Å²) in [6, 6.07) is 26.4. The van der Waals surface area contributed by atoms with Gasteiger partial charge in [-0.1, -0.05) is 102 Å². The number of benzene rings is 3. The van der Waals surface area contributed by atoms with Gasteiger partial charge in [0.25, 0.3) is 0 Å². The number of primary amides is 1. The molecule has 3 aromatic rings. The van der Waals surface area contributed by atoms with Crippen LogP contribution in [0.15, 0.2) is 72.8 Å². The Bertz CT molecular complexity index is 1170. The van der Waals surface area contributed by atoms with Gasteiger partial charge in [-0.05, 0) is 82.9 Å². The van der Waals surface area contributed by atoms with Gasteiger partial charge in [0, 0.05) is 12.6 Å². The molecule has 5 rings (SSSR count). The van der Waals surface area contributed by atoms with E-state index in [0.717, 1.165) is 48.8 Å². The average molecular weight is 579 g/mol. The Morgan fingerprint density at radius 3 is 2.40 bits per heavy atom. The van der Waals surface area contributed by atoms with Crippen LogP contribution in [0.2, 0.25) is 0 Å². The van der Waals surface area contributed by atoms with E-state index in [1.54, 1.807) is 0 Å². The van der Waals surface area contributed by atoms with E-state index in [4.69, 9.17) is 5.73 Å². The molecule has 1 saturated carbocycles. The maximum Gasteiger partial charge on any atom is 0.232 e. The van der Waals surface area contributed by atoms with Crippen LogP contribution in [-0.4, -0.2) is 27.8 Å². The first kappa shape index (κ1) is 24.5. The normalized spacial score (nSPS) is 18.8. The fourth-order valence-electron chi connectivity index (χ4n) is 6.17. The van der Waals surface area contributed by atoms with E-state index >= 15 is 0 Å². The number of nitrogens with two attached hydrogens (primary N) is 1. The number of fused-ring (bicyclic) bond motifs is 3. The molecule has 1 fully saturated rings. The summed E-state index contributed by atoms with van der Waals surface area (Å²) in [5.74, 6) is -0.205. The number of hydrogen-bond donors (Lipinski definition) is 1. The van der Waals surface area contributed by atoms with Crippen LogP contribution in [0.4, 0.5) is 0 Å². The zero-order valence-corrected chi connectivity index (χ0v) is 22.5. The maximum absolute atomic E-state index is 13.5. The number of carbonyl (C=O) groups is 1. The molecular formula is C31H35IN2O. The van der Waals surface area contributed by atoms with Gasteiger partial charge in [0.15, 0.2) is 0 Å². The van der Waals surface area contributed by atoms with E-state index in [1.807, 2.05) is 0 Å².